The largest absolute Gasteiger partial charge is 0.481 e. The van der Waals surface area contributed by atoms with Crippen LogP contribution in [-0.2, 0) is 22.4 Å². The minimum atomic E-state index is -0.933. The van der Waals surface area contributed by atoms with E-state index in [1.54, 1.807) is 5.38 Å². The van der Waals surface area contributed by atoms with Gasteiger partial charge in [0.05, 0.1) is 12.1 Å². The molecule has 2 aromatic rings. The summed E-state index contributed by atoms with van der Waals surface area (Å²) < 4.78 is 0. The van der Waals surface area contributed by atoms with Gasteiger partial charge in [-0.3, -0.25) is 9.59 Å². The Morgan fingerprint density at radius 2 is 2.10 bits per heavy atom. The van der Waals surface area contributed by atoms with E-state index in [-0.39, 0.29) is 12.3 Å². The highest BCUT2D eigenvalue weighted by Crippen LogP contribution is 2.17. The molecule has 2 N–H and O–H groups in total. The monoisotopic (exact) mass is 304 g/mol. The van der Waals surface area contributed by atoms with Crippen LogP contribution < -0.4 is 5.32 Å². The molecule has 0 aliphatic carbocycles. The molecule has 1 amide bonds. The van der Waals surface area contributed by atoms with Crippen molar-refractivity contribution < 1.29 is 14.7 Å². The first kappa shape index (κ1) is 15.2. The molecule has 1 aromatic carbocycles. The van der Waals surface area contributed by atoms with Crippen LogP contribution in [0.25, 0.3) is 0 Å². The maximum absolute atomic E-state index is 11.9. The zero-order valence-electron chi connectivity index (χ0n) is 11.6. The molecule has 6 heteroatoms. The molecule has 1 heterocycles. The summed E-state index contributed by atoms with van der Waals surface area (Å²) in [5.41, 5.74) is 2.78. The number of carbonyl (C=O) groups is 2. The molecule has 0 saturated carbocycles. The summed E-state index contributed by atoms with van der Waals surface area (Å²) in [5.74, 6) is -1.05. The molecule has 0 aliphatic heterocycles. The van der Waals surface area contributed by atoms with Gasteiger partial charge in [0.15, 0.2) is 5.13 Å². The summed E-state index contributed by atoms with van der Waals surface area (Å²) in [4.78, 5) is 26.5. The number of rotatable bonds is 6. The number of carboxylic acid groups (broad SMARTS) is 1. The van der Waals surface area contributed by atoms with Crippen LogP contribution >= 0.6 is 11.3 Å². The fraction of sp³-hybridized carbons (Fsp3) is 0.267. The predicted molar refractivity (Wildman–Crippen MR) is 81.6 cm³/mol. The van der Waals surface area contributed by atoms with Gasteiger partial charge in [0.25, 0.3) is 0 Å². The minimum absolute atomic E-state index is 0.116. The number of aliphatic carboxylic acids is 1. The van der Waals surface area contributed by atoms with E-state index in [1.807, 2.05) is 31.2 Å². The molecule has 0 saturated heterocycles. The van der Waals surface area contributed by atoms with Crippen molar-refractivity contribution in [3.8, 4) is 0 Å². The van der Waals surface area contributed by atoms with Gasteiger partial charge in [0.1, 0.15) is 0 Å². The lowest BCUT2D eigenvalue weighted by atomic mass is 10.0. The van der Waals surface area contributed by atoms with E-state index < -0.39 is 5.97 Å². The first-order chi connectivity index (χ1) is 10.0. The Morgan fingerprint density at radius 1 is 1.33 bits per heavy atom. The first-order valence-corrected chi connectivity index (χ1v) is 7.43. The highest BCUT2D eigenvalue weighted by atomic mass is 32.1. The van der Waals surface area contributed by atoms with Crippen LogP contribution in [0.2, 0.25) is 0 Å². The SMILES string of the molecule is Cc1ccccc1CCC(=O)Nc1nc(CC(=O)O)cs1. The molecule has 1 aromatic heterocycles. The Kier molecular flexibility index (Phi) is 5.05. The third kappa shape index (κ3) is 4.68. The number of benzene rings is 1. The van der Waals surface area contributed by atoms with Crippen molar-refractivity contribution in [3.05, 3.63) is 46.5 Å². The number of anilines is 1. The van der Waals surface area contributed by atoms with E-state index in [0.29, 0.717) is 23.7 Å². The minimum Gasteiger partial charge on any atom is -0.481 e. The average molecular weight is 304 g/mol. The van der Waals surface area contributed by atoms with Gasteiger partial charge >= 0.3 is 5.97 Å². The molecule has 0 unspecified atom stereocenters. The number of carboxylic acids is 1. The van der Waals surface area contributed by atoms with Gasteiger partial charge in [0.2, 0.25) is 5.91 Å². The van der Waals surface area contributed by atoms with Crippen molar-refractivity contribution in [2.45, 2.75) is 26.2 Å². The zero-order valence-corrected chi connectivity index (χ0v) is 12.4. The number of carbonyl (C=O) groups excluding carboxylic acids is 1. The van der Waals surface area contributed by atoms with Crippen LogP contribution in [0.4, 0.5) is 5.13 Å². The van der Waals surface area contributed by atoms with Gasteiger partial charge in [0, 0.05) is 11.8 Å². The zero-order chi connectivity index (χ0) is 15.2. The molecule has 110 valence electrons. The molecule has 0 aliphatic rings. The van der Waals surface area contributed by atoms with Crippen LogP contribution in [0.3, 0.4) is 0 Å². The van der Waals surface area contributed by atoms with Crippen molar-refractivity contribution in [2.24, 2.45) is 0 Å². The number of thiazole rings is 1. The summed E-state index contributed by atoms with van der Waals surface area (Å²) in [7, 11) is 0. The van der Waals surface area contributed by atoms with E-state index in [9.17, 15) is 9.59 Å². The van der Waals surface area contributed by atoms with Crippen LogP contribution in [0.1, 0.15) is 23.2 Å². The molecule has 21 heavy (non-hydrogen) atoms. The predicted octanol–water partition coefficient (Wildman–Crippen LogP) is 2.65. The smallest absolute Gasteiger partial charge is 0.309 e. The van der Waals surface area contributed by atoms with Crippen molar-refractivity contribution in [3.63, 3.8) is 0 Å². The summed E-state index contributed by atoms with van der Waals surface area (Å²) in [6.45, 7) is 2.02. The Hall–Kier alpha value is -2.21. The second-order valence-electron chi connectivity index (χ2n) is 4.69. The number of nitrogens with zero attached hydrogens (tertiary/aromatic N) is 1. The van der Waals surface area contributed by atoms with Crippen molar-refractivity contribution in [2.75, 3.05) is 5.32 Å². The van der Waals surface area contributed by atoms with Crippen molar-refractivity contribution >= 4 is 28.3 Å². The average Bonchev–Trinajstić information content (AvgIpc) is 2.84. The maximum atomic E-state index is 11.9. The molecule has 0 bridgehead atoms. The topological polar surface area (TPSA) is 79.3 Å². The van der Waals surface area contributed by atoms with Gasteiger partial charge in [-0.25, -0.2) is 4.98 Å². The Morgan fingerprint density at radius 3 is 2.81 bits per heavy atom. The van der Waals surface area contributed by atoms with Gasteiger partial charge < -0.3 is 10.4 Å². The molecule has 0 atom stereocenters. The third-order valence-corrected chi connectivity index (χ3v) is 3.82. The fourth-order valence-corrected chi connectivity index (χ4v) is 2.65. The van der Waals surface area contributed by atoms with Crippen molar-refractivity contribution in [1.82, 2.24) is 4.98 Å². The van der Waals surface area contributed by atoms with Crippen LogP contribution in [0.5, 0.6) is 0 Å². The van der Waals surface area contributed by atoms with E-state index in [4.69, 9.17) is 5.11 Å². The van der Waals surface area contributed by atoms with Crippen molar-refractivity contribution in [1.29, 1.82) is 0 Å². The quantitative estimate of drug-likeness (QED) is 0.860. The Balaban J connectivity index is 1.86. The van der Waals surface area contributed by atoms with Gasteiger partial charge in [-0.05, 0) is 24.5 Å². The van der Waals surface area contributed by atoms with Crippen LogP contribution in [0, 0.1) is 6.92 Å². The van der Waals surface area contributed by atoms with Gasteiger partial charge in [-0.2, -0.15) is 0 Å². The van der Waals surface area contributed by atoms with Gasteiger partial charge in [-0.1, -0.05) is 24.3 Å². The van der Waals surface area contributed by atoms with Crippen LogP contribution in [-0.4, -0.2) is 22.0 Å². The maximum Gasteiger partial charge on any atom is 0.309 e. The molecular weight excluding hydrogens is 288 g/mol. The number of hydrogen-bond acceptors (Lipinski definition) is 4. The molecular formula is C15H16N2O3S. The number of aromatic nitrogens is 1. The normalized spacial score (nSPS) is 10.3. The van der Waals surface area contributed by atoms with E-state index in [2.05, 4.69) is 10.3 Å². The highest BCUT2D eigenvalue weighted by Gasteiger charge is 2.09. The highest BCUT2D eigenvalue weighted by molar-refractivity contribution is 7.13. The molecule has 0 radical (unpaired) electrons. The number of amides is 1. The number of nitrogens with one attached hydrogen (secondary N) is 1. The van der Waals surface area contributed by atoms with Crippen LogP contribution in [0.15, 0.2) is 29.6 Å². The number of hydrogen-bond donors (Lipinski definition) is 2. The molecule has 0 fully saturated rings. The van der Waals surface area contributed by atoms with E-state index in [1.165, 1.54) is 16.9 Å². The Labute approximate surface area is 126 Å². The summed E-state index contributed by atoms with van der Waals surface area (Å²) >= 11 is 1.24. The molecule has 0 spiro atoms. The number of aryl methyl sites for hydroxylation is 2. The van der Waals surface area contributed by atoms with Gasteiger partial charge in [-0.15, -0.1) is 11.3 Å². The standard InChI is InChI=1S/C15H16N2O3S/c1-10-4-2-3-5-11(10)6-7-13(18)17-15-16-12(9-21-15)8-14(19)20/h2-5,9H,6-8H2,1H3,(H,19,20)(H,16,17,18). The fourth-order valence-electron chi connectivity index (χ4n) is 1.92. The lowest BCUT2D eigenvalue weighted by Gasteiger charge is -2.05. The Bertz CT molecular complexity index is 652. The summed E-state index contributed by atoms with van der Waals surface area (Å²) in [5, 5.41) is 13.5. The summed E-state index contributed by atoms with van der Waals surface area (Å²) in [6, 6.07) is 7.96. The first-order valence-electron chi connectivity index (χ1n) is 6.55. The third-order valence-electron chi connectivity index (χ3n) is 3.01. The lowest BCUT2D eigenvalue weighted by Crippen LogP contribution is -2.12. The summed E-state index contributed by atoms with van der Waals surface area (Å²) in [6.07, 6.45) is 0.917. The molecule has 2 rings (SSSR count). The van der Waals surface area contributed by atoms with E-state index in [0.717, 1.165) is 5.56 Å². The van der Waals surface area contributed by atoms with E-state index >= 15 is 0 Å². The second-order valence-corrected chi connectivity index (χ2v) is 5.55. The lowest BCUT2D eigenvalue weighted by molar-refractivity contribution is -0.136. The second kappa shape index (κ2) is 6.99. The molecule has 5 nitrogen and oxygen atoms in total.